The number of halogens is 1. The van der Waals surface area contributed by atoms with Gasteiger partial charge in [0, 0.05) is 9.50 Å². The minimum atomic E-state index is 0.360. The van der Waals surface area contributed by atoms with Gasteiger partial charge in [-0.1, -0.05) is 61.4 Å². The first-order valence-corrected chi connectivity index (χ1v) is 9.78. The Bertz CT molecular complexity index is 639. The van der Waals surface area contributed by atoms with Crippen LogP contribution >= 0.6 is 22.6 Å². The zero-order valence-electron chi connectivity index (χ0n) is 13.6. The number of allylic oxidation sites excluding steroid dienone is 10. The molecule has 0 fully saturated rings. The van der Waals surface area contributed by atoms with E-state index in [0.717, 1.165) is 11.8 Å². The maximum Gasteiger partial charge on any atom is 0.00873 e. The molecule has 0 aliphatic heterocycles. The Morgan fingerprint density at radius 3 is 2.77 bits per heavy atom. The van der Waals surface area contributed by atoms with Crippen molar-refractivity contribution in [1.29, 1.82) is 0 Å². The highest BCUT2D eigenvalue weighted by molar-refractivity contribution is 14.1. The number of fused-ring (bicyclic) bond motifs is 2. The van der Waals surface area contributed by atoms with E-state index < -0.39 is 0 Å². The molecule has 0 saturated carbocycles. The highest BCUT2D eigenvalue weighted by Crippen LogP contribution is 2.58. The molecular weight excluding hydrogens is 379 g/mol. The normalized spacial score (nSPS) is 35.9. The molecule has 0 spiro atoms. The van der Waals surface area contributed by atoms with Crippen LogP contribution in [0, 0.1) is 23.2 Å². The van der Waals surface area contributed by atoms with Crippen LogP contribution in [0.4, 0.5) is 0 Å². The summed E-state index contributed by atoms with van der Waals surface area (Å²) in [5.41, 5.74) is 5.53. The Balaban J connectivity index is 1.60. The molecule has 0 nitrogen and oxygen atoms in total. The van der Waals surface area contributed by atoms with Gasteiger partial charge in [-0.15, -0.1) is 0 Å². The topological polar surface area (TPSA) is 0 Å². The second-order valence-electron chi connectivity index (χ2n) is 7.82. The summed E-state index contributed by atoms with van der Waals surface area (Å²) in [6.07, 6.45) is 20.9. The van der Waals surface area contributed by atoms with Crippen molar-refractivity contribution in [1.82, 2.24) is 0 Å². The van der Waals surface area contributed by atoms with Gasteiger partial charge in [0.15, 0.2) is 0 Å². The van der Waals surface area contributed by atoms with Crippen molar-refractivity contribution in [3.63, 3.8) is 0 Å². The SMILES string of the molecule is CC1(C)C2=C(CCC=C2)C2CC=C(C3C=CC(I)=CC3)CC21. The highest BCUT2D eigenvalue weighted by atomic mass is 127. The fraction of sp³-hybridized carbons (Fsp3) is 0.524. The summed E-state index contributed by atoms with van der Waals surface area (Å²) in [5.74, 6) is 2.30. The minimum absolute atomic E-state index is 0.360. The lowest BCUT2D eigenvalue weighted by Crippen LogP contribution is -2.29. The van der Waals surface area contributed by atoms with Gasteiger partial charge in [-0.25, -0.2) is 0 Å². The van der Waals surface area contributed by atoms with E-state index in [1.54, 1.807) is 16.7 Å². The van der Waals surface area contributed by atoms with Gasteiger partial charge in [0.25, 0.3) is 0 Å². The van der Waals surface area contributed by atoms with E-state index in [2.05, 4.69) is 72.9 Å². The van der Waals surface area contributed by atoms with Crippen molar-refractivity contribution >= 4 is 22.6 Å². The van der Waals surface area contributed by atoms with Crippen molar-refractivity contribution in [2.24, 2.45) is 23.2 Å². The van der Waals surface area contributed by atoms with Crippen molar-refractivity contribution in [3.05, 3.63) is 56.8 Å². The highest BCUT2D eigenvalue weighted by Gasteiger charge is 2.48. The Morgan fingerprint density at radius 2 is 2.00 bits per heavy atom. The van der Waals surface area contributed by atoms with E-state index >= 15 is 0 Å². The maximum atomic E-state index is 2.59. The first kappa shape index (κ1) is 15.0. The molecule has 4 aliphatic rings. The first-order valence-electron chi connectivity index (χ1n) is 8.70. The molecule has 4 aliphatic carbocycles. The van der Waals surface area contributed by atoms with Gasteiger partial charge in [-0.05, 0) is 77.5 Å². The lowest BCUT2D eigenvalue weighted by Gasteiger charge is -2.38. The molecule has 1 heteroatoms. The van der Waals surface area contributed by atoms with Crippen molar-refractivity contribution in [2.45, 2.75) is 46.0 Å². The van der Waals surface area contributed by atoms with Crippen molar-refractivity contribution < 1.29 is 0 Å². The largest absolute Gasteiger partial charge is 0.0841 e. The van der Waals surface area contributed by atoms with Gasteiger partial charge in [-0.2, -0.15) is 0 Å². The van der Waals surface area contributed by atoms with Crippen LogP contribution in [0.2, 0.25) is 0 Å². The minimum Gasteiger partial charge on any atom is -0.0841 e. The summed E-state index contributed by atoms with van der Waals surface area (Å²) in [6.45, 7) is 4.98. The molecule has 0 bridgehead atoms. The Labute approximate surface area is 148 Å². The maximum absolute atomic E-state index is 2.59. The molecule has 3 unspecified atom stereocenters. The van der Waals surface area contributed by atoms with E-state index in [1.807, 2.05) is 0 Å². The van der Waals surface area contributed by atoms with Crippen LogP contribution in [0.5, 0.6) is 0 Å². The summed E-state index contributed by atoms with van der Waals surface area (Å²) in [4.78, 5) is 0. The van der Waals surface area contributed by atoms with Crippen LogP contribution < -0.4 is 0 Å². The van der Waals surface area contributed by atoms with Crippen LogP contribution in [-0.2, 0) is 0 Å². The molecule has 0 aromatic carbocycles. The summed E-state index contributed by atoms with van der Waals surface area (Å²) >= 11 is 2.43. The van der Waals surface area contributed by atoms with Crippen molar-refractivity contribution in [3.8, 4) is 0 Å². The van der Waals surface area contributed by atoms with E-state index in [0.29, 0.717) is 11.3 Å². The third-order valence-corrected chi connectivity index (χ3v) is 7.19. The average Bonchev–Trinajstić information content (AvgIpc) is 2.77. The second kappa shape index (κ2) is 5.51. The molecule has 0 saturated heterocycles. The summed E-state index contributed by atoms with van der Waals surface area (Å²) in [6, 6.07) is 0. The molecule has 116 valence electrons. The van der Waals surface area contributed by atoms with Crippen LogP contribution in [0.15, 0.2) is 56.8 Å². The average molecular weight is 404 g/mol. The zero-order valence-corrected chi connectivity index (χ0v) is 15.8. The van der Waals surface area contributed by atoms with Gasteiger partial charge in [0.1, 0.15) is 0 Å². The fourth-order valence-corrected chi connectivity index (χ4v) is 5.59. The lowest BCUT2D eigenvalue weighted by atomic mass is 9.66. The lowest BCUT2D eigenvalue weighted by molar-refractivity contribution is 0.219. The van der Waals surface area contributed by atoms with Gasteiger partial charge >= 0.3 is 0 Å². The molecular formula is C21H25I. The molecule has 22 heavy (non-hydrogen) atoms. The predicted octanol–water partition coefficient (Wildman–Crippen LogP) is 6.52. The first-order chi connectivity index (χ1) is 10.6. The van der Waals surface area contributed by atoms with E-state index in [1.165, 1.54) is 35.7 Å². The second-order valence-corrected chi connectivity index (χ2v) is 9.07. The van der Waals surface area contributed by atoms with Crippen molar-refractivity contribution in [2.75, 3.05) is 0 Å². The zero-order chi connectivity index (χ0) is 15.3. The molecule has 4 rings (SSSR count). The molecule has 0 heterocycles. The Morgan fingerprint density at radius 1 is 1.14 bits per heavy atom. The van der Waals surface area contributed by atoms with Gasteiger partial charge < -0.3 is 0 Å². The molecule has 0 amide bonds. The predicted molar refractivity (Wildman–Crippen MR) is 103 cm³/mol. The quantitative estimate of drug-likeness (QED) is 0.345. The van der Waals surface area contributed by atoms with Crippen LogP contribution in [0.1, 0.15) is 46.0 Å². The van der Waals surface area contributed by atoms with Gasteiger partial charge in [0.05, 0.1) is 0 Å². The third kappa shape index (κ3) is 2.31. The summed E-state index contributed by atoms with van der Waals surface area (Å²) < 4.78 is 1.40. The fourth-order valence-electron chi connectivity index (χ4n) is 5.13. The summed E-state index contributed by atoms with van der Waals surface area (Å²) in [7, 11) is 0. The molecule has 3 atom stereocenters. The van der Waals surface area contributed by atoms with E-state index in [4.69, 9.17) is 0 Å². The van der Waals surface area contributed by atoms with E-state index in [9.17, 15) is 0 Å². The smallest absolute Gasteiger partial charge is 0.00873 e. The molecule has 0 radical (unpaired) electrons. The van der Waals surface area contributed by atoms with Gasteiger partial charge in [-0.3, -0.25) is 0 Å². The number of hydrogen-bond acceptors (Lipinski definition) is 0. The third-order valence-electron chi connectivity index (χ3n) is 6.39. The Hall–Kier alpha value is -0.570. The van der Waals surface area contributed by atoms with Crippen LogP contribution in [0.25, 0.3) is 0 Å². The number of hydrogen-bond donors (Lipinski definition) is 0. The molecule has 0 aromatic heterocycles. The van der Waals surface area contributed by atoms with Crippen LogP contribution in [-0.4, -0.2) is 0 Å². The van der Waals surface area contributed by atoms with E-state index in [-0.39, 0.29) is 0 Å². The molecule has 0 aromatic rings. The number of rotatable bonds is 1. The molecule has 0 N–H and O–H groups in total. The monoisotopic (exact) mass is 404 g/mol. The van der Waals surface area contributed by atoms with Crippen LogP contribution in [0.3, 0.4) is 0 Å². The van der Waals surface area contributed by atoms with Gasteiger partial charge in [0.2, 0.25) is 0 Å². The standard InChI is InChI=1S/C21H25I/c1-21(2)19-6-4-3-5-17(19)18-12-9-15(13-20(18)21)14-7-10-16(22)11-8-14/h4,6-7,9-11,14,18,20H,3,5,8,12-13H2,1-2H3. The summed E-state index contributed by atoms with van der Waals surface area (Å²) in [5, 5.41) is 0. The Kier molecular flexibility index (Phi) is 3.75.